The summed E-state index contributed by atoms with van der Waals surface area (Å²) >= 11 is 0. The van der Waals surface area contributed by atoms with Gasteiger partial charge in [0, 0.05) is 0 Å². The van der Waals surface area contributed by atoms with Crippen molar-refractivity contribution in [3.05, 3.63) is 101 Å². The van der Waals surface area contributed by atoms with E-state index < -0.39 is 306 Å². The van der Waals surface area contributed by atoms with Crippen LogP contribution in [0.2, 0.25) is 0 Å². The maximum atomic E-state index is 14.8. The summed E-state index contributed by atoms with van der Waals surface area (Å²) in [7, 11) is -43.6. The summed E-state index contributed by atoms with van der Waals surface area (Å²) in [4.78, 5) is 42.5. The number of benzene rings is 3. The van der Waals surface area contributed by atoms with Crippen LogP contribution in [0.5, 0.6) is 17.2 Å². The van der Waals surface area contributed by atoms with E-state index in [1.807, 2.05) is 0 Å². The van der Waals surface area contributed by atoms with E-state index in [0.29, 0.717) is 17.4 Å². The van der Waals surface area contributed by atoms with Crippen LogP contribution in [0.15, 0.2) is 84.6 Å². The first-order valence-electron chi connectivity index (χ1n) is 34.2. The van der Waals surface area contributed by atoms with Crippen molar-refractivity contribution in [1.29, 1.82) is 0 Å². The Bertz CT molecular complexity index is 5120. The topological polar surface area (TPSA) is 858 Å². The highest BCUT2D eigenvalue weighted by atomic mass is 32.3. The van der Waals surface area contributed by atoms with Crippen molar-refractivity contribution in [3.63, 3.8) is 0 Å². The predicted octanol–water partition coefficient (Wildman–Crippen LogP) is -9.42. The molecule has 0 radical (unpaired) electrons. The van der Waals surface area contributed by atoms with Gasteiger partial charge in [0.2, 0.25) is 6.29 Å². The zero-order valence-electron chi connectivity index (χ0n) is 62.7. The van der Waals surface area contributed by atoms with Crippen LogP contribution in [0.4, 0.5) is 0 Å². The van der Waals surface area contributed by atoms with E-state index >= 15 is 0 Å². The van der Waals surface area contributed by atoms with Crippen molar-refractivity contribution >= 4 is 101 Å². The Morgan fingerprint density at radius 3 is 0.992 bits per heavy atom. The van der Waals surface area contributed by atoms with Crippen molar-refractivity contribution in [2.75, 3.05) is 47.8 Å². The van der Waals surface area contributed by atoms with E-state index in [9.17, 15) is 154 Å². The van der Waals surface area contributed by atoms with Gasteiger partial charge in [-0.15, -0.1) is 0 Å². The van der Waals surface area contributed by atoms with Crippen LogP contribution in [-0.2, 0) is 200 Å². The first-order valence-corrected chi connectivity index (χ1v) is 45.3. The molecule has 8 rings (SSSR count). The van der Waals surface area contributed by atoms with Crippen LogP contribution < -0.4 is 28.4 Å². The van der Waals surface area contributed by atoms with Gasteiger partial charge >= 0.3 is 101 Å². The lowest BCUT2D eigenvalue weighted by molar-refractivity contribution is -0.373. The van der Waals surface area contributed by atoms with E-state index in [0.717, 1.165) is 0 Å². The Morgan fingerprint density at radius 2 is 0.669 bits per heavy atom. The van der Waals surface area contributed by atoms with Crippen LogP contribution in [0.3, 0.4) is 0 Å². The molecule has 25 unspecified atom stereocenters. The van der Waals surface area contributed by atoms with Crippen LogP contribution in [0, 0.1) is 0 Å². The van der Waals surface area contributed by atoms with Gasteiger partial charge in [-0.2, -0.15) is 81.5 Å². The minimum Gasteiger partial charge on any atom is -0.497 e. The molecule has 5 heterocycles. The molecule has 5 aliphatic heterocycles. The molecule has 0 saturated carbocycles. The van der Waals surface area contributed by atoms with Crippen LogP contribution in [0.1, 0.15) is 16.7 Å². The van der Waals surface area contributed by atoms with Gasteiger partial charge in [0.1, 0.15) is 147 Å². The Hall–Kier alpha value is -6.67. The molecule has 0 aromatic heterocycles. The van der Waals surface area contributed by atoms with Gasteiger partial charge in [-0.05, 0) is 53.1 Å². The monoisotopic (exact) mass is 1950 g/mol. The van der Waals surface area contributed by atoms with Crippen molar-refractivity contribution < 1.29 is 251 Å². The van der Waals surface area contributed by atoms with Crippen LogP contribution >= 0.6 is 0 Å². The second-order valence-corrected chi connectivity index (χ2v) is 35.0. The summed E-state index contributed by atoms with van der Waals surface area (Å²) in [6.07, 6.45) is -65.1. The molecule has 124 heavy (non-hydrogen) atoms. The highest BCUT2D eigenvalue weighted by Gasteiger charge is 2.62. The molecule has 5 saturated heterocycles. The number of carbonyl (C=O) groups excluding carboxylic acids is 3. The molecule has 0 amide bonds. The van der Waals surface area contributed by atoms with Crippen molar-refractivity contribution in [2.45, 2.75) is 173 Å². The summed E-state index contributed by atoms with van der Waals surface area (Å²) in [5.41, 5.74) is 0.367. The van der Waals surface area contributed by atoms with Gasteiger partial charge in [0.25, 0.3) is 0 Å². The van der Waals surface area contributed by atoms with Gasteiger partial charge in [-0.3, -0.25) is 36.4 Å². The number of esters is 3. The number of aliphatic hydroxyl groups excluding tert-OH is 7. The van der Waals surface area contributed by atoms with Crippen LogP contribution in [0.25, 0.3) is 0 Å². The quantitative estimate of drug-likeness (QED) is 0.00823. The van der Waals surface area contributed by atoms with Gasteiger partial charge in [0.15, 0.2) is 49.6 Å². The van der Waals surface area contributed by atoms with Gasteiger partial charge in [-0.1, -0.05) is 36.4 Å². The number of carbonyl (C=O) groups is 3. The molecule has 3 aromatic carbocycles. The lowest BCUT2D eigenvalue weighted by Gasteiger charge is -2.50. The minimum atomic E-state index is -6.29. The van der Waals surface area contributed by atoms with Crippen molar-refractivity contribution in [1.82, 2.24) is 14.2 Å². The lowest BCUT2D eigenvalue weighted by Crippen LogP contribution is -2.71. The molecule has 5 aliphatic rings. The molecular formula is C58H79N3O55S8. The molecule has 58 nitrogen and oxygen atoms in total. The maximum Gasteiger partial charge on any atom is 0.397 e. The number of ether oxygens (including phenoxy) is 16. The SMILES string of the molecule is COc1ccc(COC(=O)/C=C(\CO)OC2OC(COS(=O)(=O)O)C(OC3OC(C(=O)OCc4ccc(OC)cc4)C(OC4OC(COS(=O)(=O)O)C(OC5OC(C(=O)OCc6ccc(OC)cc6)C(OC6OC(COS(=O)(=O)O)C(O)C(O)C6NS(=O)(=O)O)C(O)C5OS(=O)(=O)O)C(O)C4NS(=O)(=O)O)C(O)C3OS(=O)(=O)O)C(O)C2NS(=O)(=O)O)cc1. The van der Waals surface area contributed by atoms with Crippen LogP contribution in [-0.4, -0.2) is 359 Å². The summed E-state index contributed by atoms with van der Waals surface area (Å²) in [5, 5.41) is 81.9. The van der Waals surface area contributed by atoms with E-state index in [4.69, 9.17) is 75.8 Å². The summed E-state index contributed by atoms with van der Waals surface area (Å²) in [5.74, 6) is -5.43. The van der Waals surface area contributed by atoms with Crippen molar-refractivity contribution in [2.24, 2.45) is 0 Å². The Morgan fingerprint density at radius 1 is 0.363 bits per heavy atom. The molecule has 5 fully saturated rings. The first kappa shape index (κ1) is 103. The lowest BCUT2D eigenvalue weighted by atomic mass is 9.94. The average molecular weight is 1950 g/mol. The maximum absolute atomic E-state index is 14.8. The highest BCUT2D eigenvalue weighted by Crippen LogP contribution is 2.40. The third-order valence-electron chi connectivity index (χ3n) is 17.5. The second kappa shape index (κ2) is 42.7. The number of methoxy groups -OCH3 is 3. The van der Waals surface area contributed by atoms with Gasteiger partial charge in [0.05, 0.1) is 47.2 Å². The summed E-state index contributed by atoms with van der Waals surface area (Å²) < 4.78 is 395. The number of hydrogen-bond acceptors (Lipinski definition) is 47. The van der Waals surface area contributed by atoms with E-state index in [1.54, 1.807) is 0 Å². The molecule has 18 N–H and O–H groups in total. The summed E-state index contributed by atoms with van der Waals surface area (Å²) in [6.45, 7) is -8.99. The fraction of sp³-hybridized carbons (Fsp3) is 0.603. The average Bonchev–Trinajstić information content (AvgIpc) is 0.756. The zero-order chi connectivity index (χ0) is 92.3. The number of rotatable bonds is 42. The van der Waals surface area contributed by atoms with Crippen molar-refractivity contribution in [3.8, 4) is 17.2 Å². The molecule has 0 aliphatic carbocycles. The van der Waals surface area contributed by atoms with E-state index in [1.165, 1.54) is 108 Å². The number of hydrogen-bond donors (Lipinski definition) is 18. The zero-order valence-corrected chi connectivity index (χ0v) is 69.2. The van der Waals surface area contributed by atoms with E-state index in [2.05, 4.69) is 20.9 Å². The highest BCUT2D eigenvalue weighted by molar-refractivity contribution is 7.84. The first-order chi connectivity index (χ1) is 57.4. The third kappa shape index (κ3) is 30.8. The molecule has 0 bridgehead atoms. The Labute approximate surface area is 701 Å². The third-order valence-corrected chi connectivity index (χ3v) is 21.4. The van der Waals surface area contributed by atoms with E-state index in [-0.39, 0.29) is 22.6 Å². The standard InChI is InChI=1S/C58H79N3O55S8/c1-96-27-10-4-24(5-11-27)18-99-34(63)16-30(17-62)105-54-36(60-118(75,76)77)40(66)44(32(107-54)22-103-121(84,85)86)109-57-49(116-124(93,94)95)43(69)47(51(114-57)53(71)101-20-26-8-14-29(98-3)15-9-26)112-56-37(61-119(78,79)80)41(67)45(33(108-56)23-104-122(87,88)89)110-58-48(115-123(90,91)92)42(68)46(50(113-58)52(70)100-19-25-6-12-28(97-2)13-7-25)111-55-35(59-117(72,73)74)39(65)38(64)31(106-55)21-102-120(81,82)83/h4-16,31-33,35-51,54-62,64-69H,17-23H2,1-3H3,(H,72,73,74)(H,75,76,77)(H,78,79,80)(H,81,82,83)(H,84,85,86)(H,87,88,89)(H,90,91,92)(H,93,94,95)/b30-16+. The molecule has 0 spiro atoms. The number of nitrogens with one attached hydrogen (secondary N) is 3. The smallest absolute Gasteiger partial charge is 0.397 e. The van der Waals surface area contributed by atoms with Gasteiger partial charge in [-0.25, -0.2) is 35.3 Å². The molecule has 25 atom stereocenters. The minimum absolute atomic E-state index is 0.00528. The normalized spacial score (nSPS) is 31.4. The molecule has 704 valence electrons. The molecule has 3 aromatic rings. The number of aliphatic hydroxyl groups is 7. The Balaban J connectivity index is 1.21. The largest absolute Gasteiger partial charge is 0.497 e. The second-order valence-electron chi connectivity index (χ2n) is 26.0. The molecular weight excluding hydrogens is 1880 g/mol. The summed E-state index contributed by atoms with van der Waals surface area (Å²) in [6, 6.07) is 7.48. The Kier molecular flexibility index (Phi) is 35.4. The fourth-order valence-corrected chi connectivity index (χ4v) is 15.8. The predicted molar refractivity (Wildman–Crippen MR) is 384 cm³/mol. The fourth-order valence-electron chi connectivity index (χ4n) is 12.1. The van der Waals surface area contributed by atoms with Gasteiger partial charge < -0.3 is 112 Å². The molecule has 66 heteroatoms.